The number of amides is 1. The fourth-order valence-corrected chi connectivity index (χ4v) is 4.84. The molecule has 0 bridgehead atoms. The molecule has 0 saturated carbocycles. The molecular weight excluding hydrogens is 436 g/mol. The Morgan fingerprint density at radius 3 is 2.55 bits per heavy atom. The van der Waals surface area contributed by atoms with E-state index in [0.717, 1.165) is 34.2 Å². The van der Waals surface area contributed by atoms with Gasteiger partial charge in [0.1, 0.15) is 18.2 Å². The zero-order valence-electron chi connectivity index (χ0n) is 16.7. The predicted octanol–water partition coefficient (Wildman–Crippen LogP) is 3.20. The highest BCUT2D eigenvalue weighted by atomic mass is 32.2. The zero-order chi connectivity index (χ0) is 22.2. The van der Waals surface area contributed by atoms with Crippen LogP contribution in [0.3, 0.4) is 0 Å². The molecule has 0 aromatic heterocycles. The number of aryl methyl sites for hydroxylation is 1. The summed E-state index contributed by atoms with van der Waals surface area (Å²) in [4.78, 5) is 17.4. The number of ether oxygens (including phenoxy) is 1. The van der Waals surface area contributed by atoms with Gasteiger partial charge >= 0.3 is 0 Å². The van der Waals surface area contributed by atoms with Gasteiger partial charge < -0.3 is 4.74 Å². The molecule has 2 heterocycles. The predicted molar refractivity (Wildman–Crippen MR) is 122 cm³/mol. The van der Waals surface area contributed by atoms with Crippen molar-refractivity contribution < 1.29 is 17.9 Å². The van der Waals surface area contributed by atoms with Crippen LogP contribution in [0, 0.1) is 12.3 Å². The summed E-state index contributed by atoms with van der Waals surface area (Å²) in [6.07, 6.45) is 2.50. The van der Waals surface area contributed by atoms with Crippen LogP contribution in [0.25, 0.3) is 6.08 Å². The Kier molecular flexibility index (Phi) is 5.50. The van der Waals surface area contributed by atoms with Gasteiger partial charge in [-0.3, -0.25) is 10.2 Å². The summed E-state index contributed by atoms with van der Waals surface area (Å²) < 4.78 is 33.6. The fourth-order valence-electron chi connectivity index (χ4n) is 3.00. The maximum atomic E-state index is 12.4. The monoisotopic (exact) mass is 454 g/mol. The molecule has 0 radical (unpaired) electrons. The second-order valence-corrected chi connectivity index (χ2v) is 9.60. The number of nitrogens with zero attached hydrogens (tertiary/aromatic N) is 3. The van der Waals surface area contributed by atoms with E-state index in [9.17, 15) is 13.2 Å². The van der Waals surface area contributed by atoms with Gasteiger partial charge in [-0.1, -0.05) is 36.4 Å². The number of amidine groups is 3. The molecule has 31 heavy (non-hydrogen) atoms. The van der Waals surface area contributed by atoms with E-state index in [1.807, 2.05) is 31.2 Å². The smallest absolute Gasteiger partial charge is 0.283 e. The van der Waals surface area contributed by atoms with E-state index < -0.39 is 15.7 Å². The third kappa shape index (κ3) is 4.30. The van der Waals surface area contributed by atoms with Gasteiger partial charge in [0.05, 0.1) is 17.5 Å². The first-order valence-electron chi connectivity index (χ1n) is 9.20. The minimum atomic E-state index is -3.68. The first-order chi connectivity index (χ1) is 14.7. The number of sulfone groups is 1. The third-order valence-corrected chi connectivity index (χ3v) is 6.43. The van der Waals surface area contributed by atoms with Crippen molar-refractivity contribution in [2.24, 2.45) is 9.39 Å². The van der Waals surface area contributed by atoms with Gasteiger partial charge in [-0.2, -0.15) is 9.39 Å². The first-order valence-corrected chi connectivity index (χ1v) is 11.9. The van der Waals surface area contributed by atoms with E-state index in [-0.39, 0.29) is 21.7 Å². The molecule has 0 spiro atoms. The summed E-state index contributed by atoms with van der Waals surface area (Å²) in [5, 5.41) is 8.12. The molecule has 4 rings (SSSR count). The second kappa shape index (κ2) is 8.12. The molecule has 0 saturated heterocycles. The average Bonchev–Trinajstić information content (AvgIpc) is 3.16. The first kappa shape index (κ1) is 21.0. The lowest BCUT2D eigenvalue weighted by Crippen LogP contribution is -2.45. The van der Waals surface area contributed by atoms with Gasteiger partial charge in [-0.05, 0) is 41.8 Å². The highest BCUT2D eigenvalue weighted by molar-refractivity contribution is 8.16. The molecule has 2 aliphatic heterocycles. The lowest BCUT2D eigenvalue weighted by molar-refractivity contribution is -0.114. The van der Waals surface area contributed by atoms with Gasteiger partial charge in [0.15, 0.2) is 0 Å². The van der Waals surface area contributed by atoms with E-state index in [1.165, 1.54) is 6.08 Å². The quantitative estimate of drug-likeness (QED) is 0.561. The van der Waals surface area contributed by atoms with E-state index >= 15 is 0 Å². The maximum absolute atomic E-state index is 12.4. The van der Waals surface area contributed by atoms with Crippen molar-refractivity contribution in [2.75, 3.05) is 6.26 Å². The van der Waals surface area contributed by atoms with E-state index in [0.29, 0.717) is 17.9 Å². The number of nitrogens with one attached hydrogen (secondary N) is 1. The van der Waals surface area contributed by atoms with Crippen LogP contribution in [0.2, 0.25) is 0 Å². The number of carbonyl (C=O) groups excluding carboxylic acids is 1. The van der Waals surface area contributed by atoms with Gasteiger partial charge in [0, 0.05) is 6.26 Å². The van der Waals surface area contributed by atoms with E-state index in [4.69, 9.17) is 10.1 Å². The second-order valence-electron chi connectivity index (χ2n) is 6.96. The Morgan fingerprint density at radius 2 is 1.87 bits per heavy atom. The van der Waals surface area contributed by atoms with Gasteiger partial charge in [-0.25, -0.2) is 13.3 Å². The molecular formula is C21H18N4O4S2. The number of fused-ring (bicyclic) bond motifs is 1. The standard InChI is InChI=1S/C21H18N4O4S2/c1-13-5-3-4-6-15(13)12-29-16-9-7-14(8-10-16)11-17-18(22)25-20(23-19(17)26)30-24-21(25)31(2,27)28/h3-11,22H,12H2,1-2H3/b17-11-,22-18?. The van der Waals surface area contributed by atoms with Crippen molar-refractivity contribution in [2.45, 2.75) is 13.5 Å². The zero-order valence-corrected chi connectivity index (χ0v) is 18.3. The molecule has 1 amide bonds. The van der Waals surface area contributed by atoms with E-state index in [1.54, 1.807) is 24.3 Å². The number of aliphatic imine (C=N–C) groups is 1. The highest BCUT2D eigenvalue weighted by Gasteiger charge is 2.41. The summed E-state index contributed by atoms with van der Waals surface area (Å²) in [7, 11) is -3.68. The van der Waals surface area contributed by atoms with Crippen molar-refractivity contribution in [3.8, 4) is 5.75 Å². The van der Waals surface area contributed by atoms with Crippen LogP contribution < -0.4 is 4.74 Å². The molecule has 2 aliphatic rings. The Labute approximate surface area is 183 Å². The number of hydrogen-bond acceptors (Lipinski definition) is 7. The van der Waals surface area contributed by atoms with Crippen LogP contribution >= 0.6 is 11.9 Å². The SMILES string of the molecule is Cc1ccccc1COc1ccc(/C=C2/C(=N)N3C(=NC2=O)SN=C3S(C)(=O)=O)cc1. The van der Waals surface area contributed by atoms with Gasteiger partial charge in [0.2, 0.25) is 20.2 Å². The summed E-state index contributed by atoms with van der Waals surface area (Å²) in [5.41, 5.74) is 2.88. The Hall–Kier alpha value is -3.24. The number of carbonyl (C=O) groups is 1. The highest BCUT2D eigenvalue weighted by Crippen LogP contribution is 2.29. The summed E-state index contributed by atoms with van der Waals surface area (Å²) in [6, 6.07) is 15.0. The number of rotatable bonds is 4. The molecule has 10 heteroatoms. The minimum absolute atomic E-state index is 0.0174. The molecule has 0 atom stereocenters. The maximum Gasteiger partial charge on any atom is 0.283 e. The number of hydrogen-bond donors (Lipinski definition) is 1. The molecule has 8 nitrogen and oxygen atoms in total. The summed E-state index contributed by atoms with van der Waals surface area (Å²) >= 11 is 0.763. The van der Waals surface area contributed by atoms with Crippen LogP contribution in [-0.2, 0) is 21.2 Å². The summed E-state index contributed by atoms with van der Waals surface area (Å²) in [6.45, 7) is 2.46. The van der Waals surface area contributed by atoms with Crippen molar-refractivity contribution in [1.82, 2.24) is 4.90 Å². The van der Waals surface area contributed by atoms with Crippen LogP contribution in [0.15, 0.2) is 63.5 Å². The molecule has 0 fully saturated rings. The number of benzene rings is 2. The normalized spacial score (nSPS) is 17.5. The molecule has 0 unspecified atom stereocenters. The molecule has 2 aromatic rings. The van der Waals surface area contributed by atoms with Crippen LogP contribution in [0.1, 0.15) is 16.7 Å². The lowest BCUT2D eigenvalue weighted by Gasteiger charge is -2.23. The fraction of sp³-hybridized carbons (Fsp3) is 0.143. The third-order valence-electron chi connectivity index (χ3n) is 4.67. The Morgan fingerprint density at radius 1 is 1.16 bits per heavy atom. The van der Waals surface area contributed by atoms with Gasteiger partial charge in [-0.15, -0.1) is 0 Å². The van der Waals surface area contributed by atoms with Crippen LogP contribution in [-0.4, -0.2) is 41.7 Å². The molecule has 0 aliphatic carbocycles. The Bertz CT molecular complexity index is 1280. The van der Waals surface area contributed by atoms with E-state index in [2.05, 4.69) is 9.39 Å². The Balaban J connectivity index is 1.53. The van der Waals surface area contributed by atoms with Crippen molar-refractivity contribution in [3.05, 3.63) is 70.8 Å². The largest absolute Gasteiger partial charge is 0.489 e. The molecule has 158 valence electrons. The van der Waals surface area contributed by atoms with Crippen molar-refractivity contribution >= 4 is 49.9 Å². The molecule has 2 aromatic carbocycles. The minimum Gasteiger partial charge on any atom is -0.489 e. The average molecular weight is 455 g/mol. The van der Waals surface area contributed by atoms with Crippen LogP contribution in [0.4, 0.5) is 0 Å². The topological polar surface area (TPSA) is 112 Å². The van der Waals surface area contributed by atoms with Crippen LogP contribution in [0.5, 0.6) is 5.75 Å². The van der Waals surface area contributed by atoms with Crippen molar-refractivity contribution in [3.63, 3.8) is 0 Å². The van der Waals surface area contributed by atoms with Crippen molar-refractivity contribution in [1.29, 1.82) is 5.41 Å². The molecule has 1 N–H and O–H groups in total. The summed E-state index contributed by atoms with van der Waals surface area (Å²) in [5.74, 6) is -0.226. The van der Waals surface area contributed by atoms with Gasteiger partial charge in [0.25, 0.3) is 5.91 Å². The lowest BCUT2D eigenvalue weighted by atomic mass is 10.1.